The Morgan fingerprint density at radius 2 is 2.03 bits per heavy atom. The van der Waals surface area contributed by atoms with Gasteiger partial charge in [-0.15, -0.1) is 0 Å². The molecule has 2 saturated heterocycles. The van der Waals surface area contributed by atoms with Crippen LogP contribution >= 0.6 is 0 Å². The molecule has 3 aliphatic rings. The highest BCUT2D eigenvalue weighted by Gasteiger charge is 2.40. The van der Waals surface area contributed by atoms with Crippen LogP contribution in [0, 0.1) is 11.8 Å². The molecule has 2 aromatic heterocycles. The summed E-state index contributed by atoms with van der Waals surface area (Å²) in [5.41, 5.74) is 3.32. The molecule has 2 N–H and O–H groups in total. The number of aromatic nitrogens is 3. The van der Waals surface area contributed by atoms with E-state index in [1.54, 1.807) is 23.0 Å². The summed E-state index contributed by atoms with van der Waals surface area (Å²) < 4.78 is 13.5. The molecule has 9 nitrogen and oxygen atoms in total. The van der Waals surface area contributed by atoms with Crippen molar-refractivity contribution >= 4 is 22.9 Å². The molecule has 2 unspecified atom stereocenters. The zero-order valence-electron chi connectivity index (χ0n) is 18.7. The molecule has 3 aliphatic heterocycles. The van der Waals surface area contributed by atoms with Crippen molar-refractivity contribution in [1.82, 2.24) is 14.6 Å². The van der Waals surface area contributed by atoms with Gasteiger partial charge in [-0.25, -0.2) is 9.50 Å². The SMILES string of the molecule is CC1(C)Cc2cc(NC(=O)c3cnn4cccnc34)c(N3CC4COCC(C3)C4O)cc2O1. The number of amides is 1. The maximum Gasteiger partial charge on any atom is 0.261 e. The second kappa shape index (κ2) is 7.43. The number of nitrogens with one attached hydrogen (secondary N) is 1. The van der Waals surface area contributed by atoms with E-state index in [4.69, 9.17) is 9.47 Å². The largest absolute Gasteiger partial charge is 0.487 e. The normalized spacial score (nSPS) is 25.5. The average molecular weight is 450 g/mol. The van der Waals surface area contributed by atoms with Gasteiger partial charge in [0.2, 0.25) is 0 Å². The van der Waals surface area contributed by atoms with Gasteiger partial charge in [-0.1, -0.05) is 0 Å². The maximum atomic E-state index is 13.3. The fourth-order valence-corrected chi connectivity index (χ4v) is 5.29. The van der Waals surface area contributed by atoms with Gasteiger partial charge in [-0.3, -0.25) is 4.79 Å². The van der Waals surface area contributed by atoms with E-state index in [1.807, 2.05) is 12.1 Å². The molecule has 9 heteroatoms. The van der Waals surface area contributed by atoms with Crippen LogP contribution < -0.4 is 15.0 Å². The number of piperidine rings is 1. The van der Waals surface area contributed by atoms with Gasteiger partial charge in [0.05, 0.1) is 36.9 Å². The third kappa shape index (κ3) is 3.52. The molecule has 6 rings (SSSR count). The van der Waals surface area contributed by atoms with Gasteiger partial charge in [0.25, 0.3) is 5.91 Å². The Morgan fingerprint density at radius 3 is 2.82 bits per heavy atom. The minimum Gasteiger partial charge on any atom is -0.487 e. The summed E-state index contributed by atoms with van der Waals surface area (Å²) in [4.78, 5) is 19.8. The lowest BCUT2D eigenvalue weighted by molar-refractivity contribution is -0.0869. The molecule has 0 radical (unpaired) electrons. The number of aliphatic hydroxyl groups excluding tert-OH is 1. The molecule has 0 saturated carbocycles. The predicted octanol–water partition coefficient (Wildman–Crippen LogP) is 2.14. The van der Waals surface area contributed by atoms with E-state index >= 15 is 0 Å². The Labute approximate surface area is 191 Å². The Kier molecular flexibility index (Phi) is 4.60. The van der Waals surface area contributed by atoms with Gasteiger partial charge in [0.15, 0.2) is 5.65 Å². The number of hydrogen-bond acceptors (Lipinski definition) is 7. The molecule has 1 amide bonds. The Morgan fingerprint density at radius 1 is 1.24 bits per heavy atom. The summed E-state index contributed by atoms with van der Waals surface area (Å²) >= 11 is 0. The molecule has 0 spiro atoms. The summed E-state index contributed by atoms with van der Waals surface area (Å²) in [5.74, 6) is 0.660. The van der Waals surface area contributed by atoms with Gasteiger partial charge in [-0.2, -0.15) is 5.10 Å². The number of hydrogen-bond donors (Lipinski definition) is 2. The Balaban J connectivity index is 1.37. The van der Waals surface area contributed by atoms with E-state index in [-0.39, 0.29) is 29.4 Å². The Bertz CT molecular complexity index is 1220. The lowest BCUT2D eigenvalue weighted by atomic mass is 9.84. The van der Waals surface area contributed by atoms with Crippen LogP contribution in [-0.2, 0) is 11.2 Å². The number of rotatable bonds is 3. The molecule has 1 aromatic carbocycles. The second-order valence-electron chi connectivity index (χ2n) is 9.87. The molecule has 172 valence electrons. The van der Waals surface area contributed by atoms with Crippen LogP contribution in [0.25, 0.3) is 5.65 Å². The molecule has 2 atom stereocenters. The highest BCUT2D eigenvalue weighted by Crippen LogP contribution is 2.43. The number of fused-ring (bicyclic) bond motifs is 4. The van der Waals surface area contributed by atoms with Crippen LogP contribution in [0.2, 0.25) is 0 Å². The molecule has 2 bridgehead atoms. The zero-order chi connectivity index (χ0) is 22.7. The van der Waals surface area contributed by atoms with Crippen molar-refractivity contribution in [2.45, 2.75) is 32.0 Å². The number of benzene rings is 1. The Hall–Kier alpha value is -3.17. The van der Waals surface area contributed by atoms with Gasteiger partial charge < -0.3 is 24.8 Å². The second-order valence-corrected chi connectivity index (χ2v) is 9.87. The van der Waals surface area contributed by atoms with Crippen LogP contribution in [-0.4, -0.2) is 63.6 Å². The van der Waals surface area contributed by atoms with E-state index in [0.29, 0.717) is 37.5 Å². The van der Waals surface area contributed by atoms with Gasteiger partial charge in [-0.05, 0) is 26.0 Å². The number of aliphatic hydroxyl groups is 1. The van der Waals surface area contributed by atoms with E-state index in [1.165, 1.54) is 6.20 Å². The van der Waals surface area contributed by atoms with Crippen molar-refractivity contribution in [2.24, 2.45) is 11.8 Å². The first-order valence-electron chi connectivity index (χ1n) is 11.3. The van der Waals surface area contributed by atoms with E-state index in [2.05, 4.69) is 34.1 Å². The number of ether oxygens (including phenoxy) is 2. The number of carbonyl (C=O) groups excluding carboxylic acids is 1. The molecular weight excluding hydrogens is 422 g/mol. The molecule has 2 fully saturated rings. The lowest BCUT2D eigenvalue weighted by Gasteiger charge is -2.46. The van der Waals surface area contributed by atoms with Crippen molar-refractivity contribution in [3.63, 3.8) is 0 Å². The third-order valence-electron chi connectivity index (χ3n) is 6.83. The number of nitrogens with zero attached hydrogens (tertiary/aromatic N) is 4. The highest BCUT2D eigenvalue weighted by atomic mass is 16.5. The maximum absolute atomic E-state index is 13.3. The van der Waals surface area contributed by atoms with Crippen LogP contribution in [0.4, 0.5) is 11.4 Å². The van der Waals surface area contributed by atoms with E-state index in [9.17, 15) is 9.90 Å². The van der Waals surface area contributed by atoms with Gasteiger partial charge in [0.1, 0.15) is 16.9 Å². The first-order valence-corrected chi connectivity index (χ1v) is 11.3. The van der Waals surface area contributed by atoms with Crippen LogP contribution in [0.3, 0.4) is 0 Å². The van der Waals surface area contributed by atoms with Crippen LogP contribution in [0.5, 0.6) is 5.75 Å². The standard InChI is InChI=1S/C24H27N5O4/c1-24(2)8-14-6-18(27-23(31)17-9-26-29-5-3-4-25-22(17)29)19(7-20(14)33-24)28-10-15-12-32-13-16(11-28)21(15)30/h3-7,9,15-16,21,30H,8,10-13H2,1-2H3,(H,27,31). The topological polar surface area (TPSA) is 101 Å². The summed E-state index contributed by atoms with van der Waals surface area (Å²) in [7, 11) is 0. The smallest absolute Gasteiger partial charge is 0.261 e. The lowest BCUT2D eigenvalue weighted by Crippen LogP contribution is -2.55. The summed E-state index contributed by atoms with van der Waals surface area (Å²) in [6, 6.07) is 5.82. The molecule has 5 heterocycles. The van der Waals surface area contributed by atoms with Crippen molar-refractivity contribution < 1.29 is 19.4 Å². The van der Waals surface area contributed by atoms with Crippen molar-refractivity contribution in [3.05, 3.63) is 47.9 Å². The zero-order valence-corrected chi connectivity index (χ0v) is 18.7. The van der Waals surface area contributed by atoms with E-state index < -0.39 is 0 Å². The van der Waals surface area contributed by atoms with Gasteiger partial charge >= 0.3 is 0 Å². The highest BCUT2D eigenvalue weighted by molar-refractivity contribution is 6.09. The molecule has 33 heavy (non-hydrogen) atoms. The van der Waals surface area contributed by atoms with Gasteiger partial charge in [0, 0.05) is 55.4 Å². The van der Waals surface area contributed by atoms with Crippen molar-refractivity contribution in [1.29, 1.82) is 0 Å². The van der Waals surface area contributed by atoms with Crippen LogP contribution in [0.1, 0.15) is 29.8 Å². The summed E-state index contributed by atoms with van der Waals surface area (Å²) in [6.07, 6.45) is 5.35. The number of anilines is 2. The average Bonchev–Trinajstić information content (AvgIpc) is 3.32. The first kappa shape index (κ1) is 20.4. The molecular formula is C24H27N5O4. The molecule has 0 aliphatic carbocycles. The number of carbonyl (C=O) groups is 1. The predicted molar refractivity (Wildman–Crippen MR) is 122 cm³/mol. The fourth-order valence-electron chi connectivity index (χ4n) is 5.29. The molecule has 3 aromatic rings. The minimum atomic E-state index is -0.359. The summed E-state index contributed by atoms with van der Waals surface area (Å²) in [6.45, 7) is 6.52. The third-order valence-corrected chi connectivity index (χ3v) is 6.83. The monoisotopic (exact) mass is 449 g/mol. The van der Waals surface area contributed by atoms with E-state index in [0.717, 1.165) is 29.1 Å². The van der Waals surface area contributed by atoms with Crippen LogP contribution in [0.15, 0.2) is 36.8 Å². The quantitative estimate of drug-likeness (QED) is 0.632. The summed E-state index contributed by atoms with van der Waals surface area (Å²) in [5, 5.41) is 18.0. The first-order chi connectivity index (χ1) is 15.9. The fraction of sp³-hybridized carbons (Fsp3) is 0.458. The minimum absolute atomic E-state index is 0.0375. The van der Waals surface area contributed by atoms with Crippen molar-refractivity contribution in [2.75, 3.05) is 36.5 Å². The van der Waals surface area contributed by atoms with Crippen molar-refractivity contribution in [3.8, 4) is 5.75 Å².